The summed E-state index contributed by atoms with van der Waals surface area (Å²) in [5, 5.41) is 6.85. The van der Waals surface area contributed by atoms with Crippen molar-refractivity contribution in [3.8, 4) is 10.6 Å². The first-order chi connectivity index (χ1) is 42.7. The molecule has 0 bridgehead atoms. The number of unbranched alkanes of at least 4 members (excludes halogenated alkanes) is 3. The molecular formula is C68H91IN8O6S4Sn. The number of nitrogens with zero attached hydrogens (tertiary/aromatic N) is 8. The van der Waals surface area contributed by atoms with Crippen LogP contribution in [-0.2, 0) is 29.5 Å². The number of benzene rings is 2. The SMILES string of the molecule is CCC[CH2][Sn]([CH2]CCC)([CH2]CCC)[c]1nc(C)cs1.Cc1csc(-c2cn(S(=O)(=O)c3ccccc3)c3ncc(C4CCC(N5CCCOCC5)CC4)cc23)n1.O=S(=O)(c1ccccc1)n1cc(I)c2cc(C3CCC(N4CCCOCC4)CC3)cnc21. The summed E-state index contributed by atoms with van der Waals surface area (Å²) in [5.41, 5.74) is 6.37. The molecule has 4 fully saturated rings. The maximum Gasteiger partial charge on any atom is 0.269 e. The third-order valence-corrected chi connectivity index (χ3v) is 42.6. The van der Waals surface area contributed by atoms with Crippen LogP contribution >= 0.6 is 45.3 Å². The second kappa shape index (κ2) is 31.8. The molecule has 6 aromatic heterocycles. The van der Waals surface area contributed by atoms with Gasteiger partial charge in [0.2, 0.25) is 0 Å². The van der Waals surface area contributed by atoms with Gasteiger partial charge in [-0.1, -0.05) is 36.4 Å². The molecule has 0 spiro atoms. The van der Waals surface area contributed by atoms with Crippen molar-refractivity contribution in [2.45, 2.75) is 184 Å². The van der Waals surface area contributed by atoms with Crippen LogP contribution in [0.15, 0.2) is 118 Å². The summed E-state index contributed by atoms with van der Waals surface area (Å²) in [7, 11) is -7.46. The number of aromatic nitrogens is 6. The van der Waals surface area contributed by atoms with E-state index in [1.807, 2.05) is 48.2 Å². The first kappa shape index (κ1) is 67.2. The first-order valence-electron chi connectivity index (χ1n) is 32.5. The Morgan fingerprint density at radius 1 is 0.568 bits per heavy atom. The summed E-state index contributed by atoms with van der Waals surface area (Å²) in [6, 6.07) is 22.7. The molecule has 474 valence electrons. The third kappa shape index (κ3) is 16.2. The Morgan fingerprint density at radius 2 is 1.02 bits per heavy atom. The topological polar surface area (TPSA) is 155 Å². The molecule has 4 aliphatic rings. The van der Waals surface area contributed by atoms with Gasteiger partial charge in [0.25, 0.3) is 20.0 Å². The van der Waals surface area contributed by atoms with Gasteiger partial charge in [-0.2, -0.15) is 0 Å². The smallest absolute Gasteiger partial charge is 0.269 e. The molecule has 0 atom stereocenters. The number of rotatable bonds is 19. The van der Waals surface area contributed by atoms with Crippen molar-refractivity contribution in [1.82, 2.24) is 37.7 Å². The molecule has 0 unspecified atom stereocenters. The molecule has 2 aliphatic heterocycles. The standard InChI is InChI=1S/C28H32N4O3S2.C24H28IN3O3S.C4H4NS.3C4H9.Sn/c1-20-19-36-28(30-20)26-18-32(37(33,34)24-6-3-2-4-7-24)27-25(26)16-22(17-29-27)21-8-10-23(11-9-21)31-12-5-14-35-15-13-31;25-23-17-28(32(29,30)21-5-2-1-3-6-21)24-22(23)15-19(16-26-24)18-7-9-20(10-8-18)27-11-4-13-31-14-12-27;1-4-2-6-3-5-4;3*1-3-4-2;/h2-4,6-7,16-19,21,23H,5,8-15H2,1H3;1-3,5-6,15-18,20H,4,7-14H2;2H,1H3;3*1,3-4H2,2H3;. The van der Waals surface area contributed by atoms with Crippen LogP contribution in [0.25, 0.3) is 32.6 Å². The maximum atomic E-state index is 13.6. The number of thiazole rings is 2. The summed E-state index contributed by atoms with van der Waals surface area (Å²) in [4.78, 5) is 24.8. The van der Waals surface area contributed by atoms with Crippen molar-refractivity contribution >= 4 is 109 Å². The Labute approximate surface area is 549 Å². The third-order valence-electron chi connectivity index (χ3n) is 18.6. The number of fused-ring (bicyclic) bond motifs is 2. The maximum absolute atomic E-state index is 13.6. The van der Waals surface area contributed by atoms with Gasteiger partial charge in [-0.3, -0.25) is 9.80 Å². The summed E-state index contributed by atoms with van der Waals surface area (Å²) >= 11 is 3.57. The van der Waals surface area contributed by atoms with Crippen LogP contribution in [0, 0.1) is 17.4 Å². The van der Waals surface area contributed by atoms with Gasteiger partial charge in [-0.15, -0.1) is 11.3 Å². The average molecular weight is 1490 g/mol. The Balaban J connectivity index is 0.000000154. The fraction of sp³-hybridized carbons (Fsp3) is 0.529. The number of hydrogen-bond donors (Lipinski definition) is 0. The largest absolute Gasteiger partial charge is 0.380 e. The second-order valence-electron chi connectivity index (χ2n) is 24.7. The van der Waals surface area contributed by atoms with Gasteiger partial charge in [0.05, 0.1) is 23.0 Å². The average Bonchev–Trinajstić information content (AvgIpc) is 2.02. The minimum Gasteiger partial charge on any atom is -0.380 e. The van der Waals surface area contributed by atoms with Crippen molar-refractivity contribution in [2.24, 2.45) is 0 Å². The van der Waals surface area contributed by atoms with Crippen LogP contribution in [0.4, 0.5) is 0 Å². The van der Waals surface area contributed by atoms with E-state index >= 15 is 0 Å². The van der Waals surface area contributed by atoms with Gasteiger partial charge < -0.3 is 9.47 Å². The zero-order valence-electron chi connectivity index (χ0n) is 52.3. The molecular weight excluding hydrogens is 1400 g/mol. The Kier molecular flexibility index (Phi) is 24.3. The normalized spacial score (nSPS) is 20.2. The molecule has 88 heavy (non-hydrogen) atoms. The molecule has 0 radical (unpaired) electrons. The quantitative estimate of drug-likeness (QED) is 0.0559. The van der Waals surface area contributed by atoms with Gasteiger partial charge in [0.1, 0.15) is 5.01 Å². The Bertz CT molecular complexity index is 3690. The van der Waals surface area contributed by atoms with E-state index in [0.717, 1.165) is 122 Å². The molecule has 0 amide bonds. The van der Waals surface area contributed by atoms with E-state index in [0.29, 0.717) is 35.2 Å². The predicted octanol–water partition coefficient (Wildman–Crippen LogP) is 15.6. The van der Waals surface area contributed by atoms with Crippen LogP contribution in [-0.4, -0.2) is 138 Å². The summed E-state index contributed by atoms with van der Waals surface area (Å²) < 4.78 is 74.6. The molecule has 20 heteroatoms. The predicted molar refractivity (Wildman–Crippen MR) is 371 cm³/mol. The zero-order valence-corrected chi connectivity index (χ0v) is 60.6. The number of pyridine rings is 2. The van der Waals surface area contributed by atoms with Gasteiger partial charge >= 0.3 is 128 Å². The molecule has 0 N–H and O–H groups in total. The van der Waals surface area contributed by atoms with Gasteiger partial charge in [0.15, 0.2) is 11.3 Å². The molecule has 2 saturated carbocycles. The Morgan fingerprint density at radius 3 is 1.48 bits per heavy atom. The van der Waals surface area contributed by atoms with Crippen molar-refractivity contribution < 1.29 is 26.3 Å². The van der Waals surface area contributed by atoms with Crippen LogP contribution in [0.3, 0.4) is 0 Å². The monoisotopic (exact) mass is 1490 g/mol. The van der Waals surface area contributed by atoms with Crippen LogP contribution < -0.4 is 3.02 Å². The van der Waals surface area contributed by atoms with Crippen LogP contribution in [0.5, 0.6) is 0 Å². The zero-order chi connectivity index (χ0) is 61.7. The van der Waals surface area contributed by atoms with Crippen LogP contribution in [0.1, 0.15) is 158 Å². The van der Waals surface area contributed by atoms with Gasteiger partial charge in [-0.05, 0) is 153 Å². The number of aryl methyl sites for hydroxylation is 2. The fourth-order valence-electron chi connectivity index (χ4n) is 13.7. The summed E-state index contributed by atoms with van der Waals surface area (Å²) in [6.07, 6.45) is 27.0. The molecule has 8 aromatic rings. The minimum atomic E-state index is -3.79. The van der Waals surface area contributed by atoms with Gasteiger partial charge in [0, 0.05) is 107 Å². The van der Waals surface area contributed by atoms with E-state index in [1.165, 1.54) is 114 Å². The number of ether oxygens (including phenoxy) is 2. The molecule has 12 rings (SSSR count). The van der Waals surface area contributed by atoms with Gasteiger partial charge in [-0.25, -0.2) is 39.7 Å². The van der Waals surface area contributed by atoms with Crippen molar-refractivity contribution in [3.05, 3.63) is 134 Å². The summed E-state index contributed by atoms with van der Waals surface area (Å²) in [5.74, 6) is 0.910. The molecule has 2 aliphatic carbocycles. The summed E-state index contributed by atoms with van der Waals surface area (Å²) in [6.45, 7) is 18.9. The Hall–Kier alpha value is -3.65. The minimum absolute atomic E-state index is 0.247. The van der Waals surface area contributed by atoms with E-state index < -0.39 is 38.4 Å². The molecule has 8 heterocycles. The van der Waals surface area contributed by atoms with E-state index in [4.69, 9.17) is 19.4 Å². The number of hydrogen-bond acceptors (Lipinski definition) is 14. The number of halogens is 1. The molecule has 2 aromatic carbocycles. The second-order valence-corrected chi connectivity index (χ2v) is 45.2. The van der Waals surface area contributed by atoms with Crippen molar-refractivity contribution in [3.63, 3.8) is 0 Å². The van der Waals surface area contributed by atoms with Crippen molar-refractivity contribution in [2.75, 3.05) is 52.6 Å². The van der Waals surface area contributed by atoms with E-state index in [1.54, 1.807) is 63.9 Å². The molecule has 2 saturated heterocycles. The van der Waals surface area contributed by atoms with Crippen molar-refractivity contribution in [1.29, 1.82) is 0 Å². The van der Waals surface area contributed by atoms with E-state index in [9.17, 15) is 16.8 Å². The fourth-order valence-corrected chi connectivity index (χ4v) is 37.5. The van der Waals surface area contributed by atoms with E-state index in [-0.39, 0.29) is 9.79 Å². The van der Waals surface area contributed by atoms with E-state index in [2.05, 4.69) is 87.6 Å². The first-order valence-corrected chi connectivity index (χ1v) is 45.7. The molecule has 14 nitrogen and oxygen atoms in total. The van der Waals surface area contributed by atoms with Crippen LogP contribution in [0.2, 0.25) is 13.3 Å².